The van der Waals surface area contributed by atoms with Crippen molar-refractivity contribution in [3.63, 3.8) is 0 Å². The number of alkyl halides is 3. The zero-order valence-electron chi connectivity index (χ0n) is 9.59. The second-order valence-corrected chi connectivity index (χ2v) is 5.73. The third-order valence-electron chi connectivity index (χ3n) is 3.73. The summed E-state index contributed by atoms with van der Waals surface area (Å²) in [5, 5.41) is 15.0. The summed E-state index contributed by atoms with van der Waals surface area (Å²) in [4.78, 5) is 12.8. The number of anilines is 1. The first-order valence-corrected chi connectivity index (χ1v) is 6.61. The van der Waals surface area contributed by atoms with Gasteiger partial charge >= 0.3 is 12.1 Å². The number of fused-ring (bicyclic) bond motifs is 2. The third-order valence-corrected chi connectivity index (χ3v) is 4.71. The van der Waals surface area contributed by atoms with Gasteiger partial charge in [-0.25, -0.2) is 0 Å². The lowest BCUT2D eigenvalue weighted by Crippen LogP contribution is -2.32. The normalized spacial score (nSPS) is 30.1. The van der Waals surface area contributed by atoms with Crippen LogP contribution < -0.4 is 4.90 Å². The Morgan fingerprint density at radius 1 is 1.37 bits per heavy atom. The quantitative estimate of drug-likeness (QED) is 0.903. The monoisotopic (exact) mass is 293 g/mol. The van der Waals surface area contributed by atoms with Crippen LogP contribution in [0.4, 0.5) is 18.3 Å². The summed E-state index contributed by atoms with van der Waals surface area (Å²) in [7, 11) is 0. The van der Waals surface area contributed by atoms with Gasteiger partial charge in [-0.15, -0.1) is 10.2 Å². The van der Waals surface area contributed by atoms with Gasteiger partial charge in [-0.05, 0) is 19.3 Å². The van der Waals surface area contributed by atoms with Gasteiger partial charge in [0.1, 0.15) is 0 Å². The zero-order chi connectivity index (χ0) is 13.8. The number of hydrogen-bond donors (Lipinski definition) is 1. The molecule has 9 heteroatoms. The molecular weight excluding hydrogens is 283 g/mol. The number of carboxylic acid groups (broad SMARTS) is 1. The van der Waals surface area contributed by atoms with Crippen LogP contribution >= 0.6 is 11.3 Å². The van der Waals surface area contributed by atoms with Crippen molar-refractivity contribution < 1.29 is 23.1 Å². The fourth-order valence-electron chi connectivity index (χ4n) is 2.99. The third kappa shape index (κ3) is 1.96. The van der Waals surface area contributed by atoms with Crippen LogP contribution in [0.2, 0.25) is 0 Å². The number of carboxylic acids is 1. The van der Waals surface area contributed by atoms with E-state index in [1.165, 1.54) is 0 Å². The van der Waals surface area contributed by atoms with E-state index in [9.17, 15) is 18.0 Å². The van der Waals surface area contributed by atoms with E-state index in [-0.39, 0.29) is 17.2 Å². The Morgan fingerprint density at radius 2 is 2.11 bits per heavy atom. The lowest BCUT2D eigenvalue weighted by Gasteiger charge is -2.21. The molecule has 1 aromatic rings. The van der Waals surface area contributed by atoms with Crippen molar-refractivity contribution in [3.8, 4) is 0 Å². The van der Waals surface area contributed by atoms with E-state index in [0.717, 1.165) is 6.42 Å². The Morgan fingerprint density at radius 3 is 2.63 bits per heavy atom. The SMILES string of the molecule is O=C(O)C1CC2CCC1N2c1nnc(C(F)(F)F)s1. The summed E-state index contributed by atoms with van der Waals surface area (Å²) in [5.41, 5.74) is 0. The number of nitrogens with zero attached hydrogens (tertiary/aromatic N) is 3. The Balaban J connectivity index is 1.88. The van der Waals surface area contributed by atoms with E-state index in [1.54, 1.807) is 4.90 Å². The zero-order valence-corrected chi connectivity index (χ0v) is 10.4. The van der Waals surface area contributed by atoms with E-state index in [2.05, 4.69) is 10.2 Å². The lowest BCUT2D eigenvalue weighted by atomic mass is 9.89. The van der Waals surface area contributed by atoms with Gasteiger partial charge < -0.3 is 10.0 Å². The molecule has 0 amide bonds. The van der Waals surface area contributed by atoms with Crippen molar-refractivity contribution >= 4 is 22.4 Å². The van der Waals surface area contributed by atoms with Gasteiger partial charge in [0.05, 0.1) is 5.92 Å². The minimum Gasteiger partial charge on any atom is -0.481 e. The average Bonchev–Trinajstić information content (AvgIpc) is 2.99. The van der Waals surface area contributed by atoms with Crippen LogP contribution in [0.3, 0.4) is 0 Å². The first kappa shape index (κ1) is 12.6. The first-order chi connectivity index (χ1) is 8.88. The molecule has 0 spiro atoms. The molecule has 0 aromatic carbocycles. The molecule has 1 aromatic heterocycles. The Kier molecular flexibility index (Phi) is 2.70. The second kappa shape index (κ2) is 4.06. The molecule has 104 valence electrons. The van der Waals surface area contributed by atoms with E-state index in [1.807, 2.05) is 0 Å². The molecule has 5 nitrogen and oxygen atoms in total. The second-order valence-electron chi connectivity index (χ2n) is 4.77. The van der Waals surface area contributed by atoms with Gasteiger partial charge in [0.2, 0.25) is 10.1 Å². The van der Waals surface area contributed by atoms with Gasteiger partial charge in [-0.3, -0.25) is 4.79 Å². The molecule has 0 aliphatic carbocycles. The molecule has 3 rings (SSSR count). The molecule has 0 radical (unpaired) electrons. The molecule has 0 saturated carbocycles. The molecule has 3 atom stereocenters. The molecule has 3 unspecified atom stereocenters. The standard InChI is InChI=1S/C10H10F3N3O2S/c11-10(12,13)8-14-15-9(19-8)16-4-1-2-6(16)5(3-4)7(17)18/h4-6H,1-3H2,(H,17,18). The van der Waals surface area contributed by atoms with Gasteiger partial charge in [-0.2, -0.15) is 13.2 Å². The topological polar surface area (TPSA) is 66.3 Å². The Bertz CT molecular complexity index is 518. The number of halogens is 3. The van der Waals surface area contributed by atoms with E-state index >= 15 is 0 Å². The molecule has 2 aliphatic rings. The predicted octanol–water partition coefficient (Wildman–Crippen LogP) is 2.00. The van der Waals surface area contributed by atoms with E-state index in [4.69, 9.17) is 5.11 Å². The number of carbonyl (C=O) groups is 1. The van der Waals surface area contributed by atoms with E-state index < -0.39 is 23.1 Å². The molecule has 2 fully saturated rings. The Labute approximate surface area is 110 Å². The highest BCUT2D eigenvalue weighted by Crippen LogP contribution is 2.46. The lowest BCUT2D eigenvalue weighted by molar-refractivity contribution is -0.142. The predicted molar refractivity (Wildman–Crippen MR) is 59.9 cm³/mol. The van der Waals surface area contributed by atoms with Crippen molar-refractivity contribution in [2.45, 2.75) is 37.5 Å². The van der Waals surface area contributed by atoms with Crippen LogP contribution in [-0.2, 0) is 11.0 Å². The highest BCUT2D eigenvalue weighted by Gasteiger charge is 2.51. The first-order valence-electron chi connectivity index (χ1n) is 5.80. The van der Waals surface area contributed by atoms with Crippen molar-refractivity contribution in [2.24, 2.45) is 5.92 Å². The van der Waals surface area contributed by atoms with Gasteiger partial charge in [0.25, 0.3) is 0 Å². The molecule has 3 heterocycles. The van der Waals surface area contributed by atoms with Gasteiger partial charge in [0.15, 0.2) is 0 Å². The fourth-order valence-corrected chi connectivity index (χ4v) is 3.83. The van der Waals surface area contributed by atoms with Crippen molar-refractivity contribution in [1.29, 1.82) is 0 Å². The summed E-state index contributed by atoms with van der Waals surface area (Å²) in [6, 6.07) is -0.281. The van der Waals surface area contributed by atoms with Crippen LogP contribution in [-0.4, -0.2) is 33.4 Å². The van der Waals surface area contributed by atoms with Crippen molar-refractivity contribution in [1.82, 2.24) is 10.2 Å². The number of hydrogen-bond acceptors (Lipinski definition) is 5. The Hall–Kier alpha value is -1.38. The smallest absolute Gasteiger partial charge is 0.445 e. The molecule has 2 saturated heterocycles. The minimum absolute atomic E-state index is 0.0277. The van der Waals surface area contributed by atoms with Crippen molar-refractivity contribution in [2.75, 3.05) is 4.90 Å². The summed E-state index contributed by atoms with van der Waals surface area (Å²) in [5.74, 6) is -1.41. The van der Waals surface area contributed by atoms with Gasteiger partial charge in [-0.1, -0.05) is 11.3 Å². The van der Waals surface area contributed by atoms with Crippen LogP contribution in [0.5, 0.6) is 0 Å². The van der Waals surface area contributed by atoms with Crippen LogP contribution in [0.25, 0.3) is 0 Å². The summed E-state index contributed by atoms with van der Waals surface area (Å²) in [6.45, 7) is 0. The summed E-state index contributed by atoms with van der Waals surface area (Å²) in [6.07, 6.45) is -2.54. The molecular formula is C10H10F3N3O2S. The number of rotatable bonds is 2. The number of aliphatic carboxylic acids is 1. The summed E-state index contributed by atoms with van der Waals surface area (Å²) >= 11 is 0.484. The average molecular weight is 293 g/mol. The molecule has 19 heavy (non-hydrogen) atoms. The maximum absolute atomic E-state index is 12.5. The van der Waals surface area contributed by atoms with Gasteiger partial charge in [0, 0.05) is 12.1 Å². The van der Waals surface area contributed by atoms with Crippen LogP contribution in [0, 0.1) is 5.92 Å². The highest BCUT2D eigenvalue weighted by molar-refractivity contribution is 7.15. The molecule has 2 bridgehead atoms. The highest BCUT2D eigenvalue weighted by atomic mass is 32.1. The maximum atomic E-state index is 12.5. The number of aromatic nitrogens is 2. The molecule has 1 N–H and O–H groups in total. The van der Waals surface area contributed by atoms with E-state index in [0.29, 0.717) is 24.2 Å². The van der Waals surface area contributed by atoms with Crippen molar-refractivity contribution in [3.05, 3.63) is 5.01 Å². The fraction of sp³-hybridized carbons (Fsp3) is 0.700. The summed E-state index contributed by atoms with van der Waals surface area (Å²) < 4.78 is 37.5. The molecule has 2 aliphatic heterocycles. The largest absolute Gasteiger partial charge is 0.481 e. The minimum atomic E-state index is -4.50. The van der Waals surface area contributed by atoms with Crippen LogP contribution in [0.1, 0.15) is 24.3 Å². The maximum Gasteiger partial charge on any atom is 0.445 e. The van der Waals surface area contributed by atoms with Crippen LogP contribution in [0.15, 0.2) is 0 Å².